The molecular formula is C41H45ClN8O5S. The Morgan fingerprint density at radius 3 is 2.32 bits per heavy atom. The highest BCUT2D eigenvalue weighted by molar-refractivity contribution is 7.15. The maximum atomic E-state index is 13.2. The van der Waals surface area contributed by atoms with E-state index in [0.717, 1.165) is 61.4 Å². The molecule has 0 fully saturated rings. The molecule has 0 bridgehead atoms. The summed E-state index contributed by atoms with van der Waals surface area (Å²) in [6, 6.07) is 17.1. The Kier molecular flexibility index (Phi) is 12.5. The van der Waals surface area contributed by atoms with Gasteiger partial charge in [-0.3, -0.25) is 19.1 Å². The van der Waals surface area contributed by atoms with Crippen LogP contribution in [0.4, 0.5) is 11.5 Å². The Hall–Kier alpha value is -4.99. The van der Waals surface area contributed by atoms with Crippen molar-refractivity contribution < 1.29 is 23.8 Å². The second-order valence-corrected chi connectivity index (χ2v) is 15.3. The Morgan fingerprint density at radius 1 is 0.893 bits per heavy atom. The van der Waals surface area contributed by atoms with E-state index < -0.39 is 6.04 Å². The lowest BCUT2D eigenvalue weighted by atomic mass is 9.99. The third-order valence-electron chi connectivity index (χ3n) is 9.85. The number of benzene rings is 2. The zero-order valence-corrected chi connectivity index (χ0v) is 33.5. The highest BCUT2D eigenvalue weighted by atomic mass is 35.5. The number of ether oxygens (including phenoxy) is 3. The van der Waals surface area contributed by atoms with Crippen LogP contribution in [0.2, 0.25) is 5.02 Å². The van der Waals surface area contributed by atoms with Gasteiger partial charge in [0.15, 0.2) is 5.82 Å². The summed E-state index contributed by atoms with van der Waals surface area (Å²) in [5.74, 6) is 2.11. The maximum Gasteiger partial charge on any atom is 0.231 e. The van der Waals surface area contributed by atoms with E-state index in [2.05, 4.69) is 45.7 Å². The average Bonchev–Trinajstić information content (AvgIpc) is 3.79. The van der Waals surface area contributed by atoms with E-state index in [1.54, 1.807) is 16.2 Å². The number of amides is 2. The number of fused-ring (bicyclic) bond motifs is 4. The van der Waals surface area contributed by atoms with E-state index in [0.29, 0.717) is 70.0 Å². The molecule has 2 aliphatic heterocycles. The summed E-state index contributed by atoms with van der Waals surface area (Å²) in [5, 5.41) is 16.7. The quantitative estimate of drug-likeness (QED) is 0.108. The molecule has 2 aliphatic rings. The molecule has 56 heavy (non-hydrogen) atoms. The molecule has 2 amide bonds. The van der Waals surface area contributed by atoms with E-state index >= 15 is 0 Å². The molecule has 5 aromatic rings. The van der Waals surface area contributed by atoms with Crippen LogP contribution >= 0.6 is 22.9 Å². The number of thiophene rings is 1. The van der Waals surface area contributed by atoms with Gasteiger partial charge in [-0.2, -0.15) is 0 Å². The largest absolute Gasteiger partial charge is 0.377 e. The van der Waals surface area contributed by atoms with Crippen LogP contribution in [-0.2, 0) is 30.2 Å². The molecule has 1 atom stereocenters. The molecule has 0 saturated carbocycles. The predicted molar refractivity (Wildman–Crippen MR) is 219 cm³/mol. The molecule has 0 saturated heterocycles. The summed E-state index contributed by atoms with van der Waals surface area (Å²) < 4.78 is 19.0. The minimum absolute atomic E-state index is 0.113. The van der Waals surface area contributed by atoms with Gasteiger partial charge < -0.3 is 29.7 Å². The molecule has 3 aromatic heterocycles. The number of nitrogens with one attached hydrogen (secondary N) is 2. The fourth-order valence-electron chi connectivity index (χ4n) is 6.75. The van der Waals surface area contributed by atoms with E-state index in [9.17, 15) is 9.59 Å². The van der Waals surface area contributed by atoms with Gasteiger partial charge in [0.25, 0.3) is 0 Å². The number of hydrogen-bond donors (Lipinski definition) is 2. The Morgan fingerprint density at radius 2 is 1.59 bits per heavy atom. The van der Waals surface area contributed by atoms with Gasteiger partial charge in [0.1, 0.15) is 22.7 Å². The van der Waals surface area contributed by atoms with Gasteiger partial charge in [-0.15, -0.1) is 21.5 Å². The summed E-state index contributed by atoms with van der Waals surface area (Å²) in [7, 11) is 1.81. The minimum atomic E-state index is -0.532. The number of aliphatic imine (C=N–C) groups is 1. The van der Waals surface area contributed by atoms with Crippen LogP contribution < -0.4 is 15.5 Å². The number of aromatic nitrogens is 4. The highest BCUT2D eigenvalue weighted by Gasteiger charge is 2.32. The summed E-state index contributed by atoms with van der Waals surface area (Å²) in [5.41, 5.74) is 7.95. The maximum absolute atomic E-state index is 13.2. The second-order valence-electron chi connectivity index (χ2n) is 13.6. The van der Waals surface area contributed by atoms with Crippen LogP contribution in [0.1, 0.15) is 51.2 Å². The van der Waals surface area contributed by atoms with Gasteiger partial charge in [0.05, 0.1) is 58.2 Å². The van der Waals surface area contributed by atoms with Crippen molar-refractivity contribution in [3.63, 3.8) is 0 Å². The summed E-state index contributed by atoms with van der Waals surface area (Å²) in [6.45, 7) is 9.69. The standard InChI is InChI=1S/C41H45ClN8O5S/c1-25-26(2)56-41-38(25)39(28-5-9-32(42)10-6-28)46-33(40-48-47-27(3)50(40)41)23-36(51)44-14-16-54-18-20-55-19-17-53-15-13-43-35-12-8-30(24-45-35)29-7-11-34-31(21-29)22-37(52)49(34)4/h5-12,21,24,33H,13-20,22-23H2,1-4H3,(H,43,45)(H,44,51). The molecule has 2 N–H and O–H groups in total. The van der Waals surface area contributed by atoms with Gasteiger partial charge >= 0.3 is 0 Å². The van der Waals surface area contributed by atoms with E-state index in [1.165, 1.54) is 4.88 Å². The molecule has 292 valence electrons. The number of rotatable bonds is 17. The van der Waals surface area contributed by atoms with Crippen molar-refractivity contribution in [3.05, 3.63) is 105 Å². The summed E-state index contributed by atoms with van der Waals surface area (Å²) in [4.78, 5) is 37.7. The van der Waals surface area contributed by atoms with Crippen molar-refractivity contribution in [1.29, 1.82) is 0 Å². The number of anilines is 2. The Bertz CT molecular complexity index is 2220. The van der Waals surface area contributed by atoms with Crippen LogP contribution in [0.15, 0.2) is 65.8 Å². The fourth-order valence-corrected chi connectivity index (χ4v) is 8.09. The van der Waals surface area contributed by atoms with E-state index in [1.807, 2.05) is 73.3 Å². The number of halogens is 1. The molecular weight excluding hydrogens is 752 g/mol. The number of carbonyl (C=O) groups is 2. The number of likely N-dealkylation sites (N-methyl/N-ethyl adjacent to an activating group) is 1. The van der Waals surface area contributed by atoms with Gasteiger partial charge in [0, 0.05) is 58.6 Å². The normalized spacial score (nSPS) is 14.6. The molecule has 15 heteroatoms. The number of hydrogen-bond acceptors (Lipinski definition) is 11. The lowest BCUT2D eigenvalue weighted by Gasteiger charge is -2.13. The monoisotopic (exact) mass is 796 g/mol. The highest BCUT2D eigenvalue weighted by Crippen LogP contribution is 2.39. The second kappa shape index (κ2) is 17.9. The third-order valence-corrected chi connectivity index (χ3v) is 11.3. The van der Waals surface area contributed by atoms with Crippen LogP contribution in [0.25, 0.3) is 16.1 Å². The van der Waals surface area contributed by atoms with Crippen LogP contribution in [0.5, 0.6) is 0 Å². The van der Waals surface area contributed by atoms with Gasteiger partial charge in [-0.1, -0.05) is 29.8 Å². The van der Waals surface area contributed by atoms with Gasteiger partial charge in [-0.05, 0) is 73.9 Å². The topological polar surface area (TPSA) is 145 Å². The number of nitrogens with zero attached hydrogens (tertiary/aromatic N) is 6. The Balaban J connectivity index is 0.777. The third kappa shape index (κ3) is 8.85. The molecule has 5 heterocycles. The molecule has 0 spiro atoms. The molecule has 0 radical (unpaired) electrons. The SMILES string of the molecule is Cc1sc2c(c1C)C(c1ccc(Cl)cc1)=NC(CC(=O)NCCOCCOCCOCCNc1ccc(-c3ccc4c(c3)CC(=O)N4C)cn1)c1nnc(C)n1-2. The Labute approximate surface area is 335 Å². The number of pyridine rings is 1. The minimum Gasteiger partial charge on any atom is -0.377 e. The van der Waals surface area contributed by atoms with E-state index in [4.69, 9.17) is 30.8 Å². The van der Waals surface area contributed by atoms with E-state index in [-0.39, 0.29) is 18.2 Å². The van der Waals surface area contributed by atoms with Crippen molar-refractivity contribution in [2.45, 2.75) is 39.7 Å². The first-order valence-electron chi connectivity index (χ1n) is 18.6. The lowest BCUT2D eigenvalue weighted by Crippen LogP contribution is -2.29. The predicted octanol–water partition coefficient (Wildman–Crippen LogP) is 6.05. The smallest absolute Gasteiger partial charge is 0.231 e. The van der Waals surface area contributed by atoms with Gasteiger partial charge in [-0.25, -0.2) is 4.98 Å². The molecule has 0 aliphatic carbocycles. The fraction of sp³-hybridized carbons (Fsp3) is 0.366. The number of carbonyl (C=O) groups excluding carboxylic acids is 2. The molecule has 7 rings (SSSR count). The first-order chi connectivity index (χ1) is 27.2. The van der Waals surface area contributed by atoms with Crippen LogP contribution in [0.3, 0.4) is 0 Å². The molecule has 2 aromatic carbocycles. The first-order valence-corrected chi connectivity index (χ1v) is 19.8. The van der Waals surface area contributed by atoms with Crippen molar-refractivity contribution in [2.75, 3.05) is 70.0 Å². The van der Waals surface area contributed by atoms with Crippen molar-refractivity contribution >= 4 is 52.0 Å². The summed E-state index contributed by atoms with van der Waals surface area (Å²) >= 11 is 7.89. The van der Waals surface area contributed by atoms with Crippen molar-refractivity contribution in [3.8, 4) is 16.1 Å². The lowest BCUT2D eigenvalue weighted by molar-refractivity contribution is -0.121. The van der Waals surface area contributed by atoms with Crippen molar-refractivity contribution in [1.82, 2.24) is 25.1 Å². The summed E-state index contributed by atoms with van der Waals surface area (Å²) in [6.07, 6.45) is 2.38. The average molecular weight is 797 g/mol. The first kappa shape index (κ1) is 39.3. The van der Waals surface area contributed by atoms with Crippen molar-refractivity contribution in [2.24, 2.45) is 4.99 Å². The number of aryl methyl sites for hydroxylation is 2. The van der Waals surface area contributed by atoms with Crippen LogP contribution in [0, 0.1) is 20.8 Å². The van der Waals surface area contributed by atoms with Crippen LogP contribution in [-0.4, -0.2) is 97.1 Å². The van der Waals surface area contributed by atoms with Gasteiger partial charge in [0.2, 0.25) is 11.8 Å². The zero-order chi connectivity index (χ0) is 39.2. The zero-order valence-electron chi connectivity index (χ0n) is 31.9. The molecule has 13 nitrogen and oxygen atoms in total. The molecule has 1 unspecified atom stereocenters.